The van der Waals surface area contributed by atoms with Crippen molar-refractivity contribution >= 4 is 17.9 Å². The Balaban J connectivity index is 2.06. The van der Waals surface area contributed by atoms with Gasteiger partial charge in [-0.3, -0.25) is 14.3 Å². The van der Waals surface area contributed by atoms with Crippen molar-refractivity contribution in [1.82, 2.24) is 19.6 Å². The van der Waals surface area contributed by atoms with E-state index in [0.29, 0.717) is 25.9 Å². The van der Waals surface area contributed by atoms with E-state index in [0.717, 1.165) is 29.8 Å². The summed E-state index contributed by atoms with van der Waals surface area (Å²) in [6.45, 7) is 5.15. The maximum Gasteiger partial charge on any atom is 0.246 e. The van der Waals surface area contributed by atoms with Gasteiger partial charge in [-0.1, -0.05) is 0 Å². The summed E-state index contributed by atoms with van der Waals surface area (Å²) < 4.78 is 7.61. The molecule has 1 unspecified atom stereocenters. The van der Waals surface area contributed by atoms with Crippen molar-refractivity contribution in [3.8, 4) is 0 Å². The Morgan fingerprint density at radius 3 is 2.59 bits per heavy atom. The molecule has 1 aromatic rings. The summed E-state index contributed by atoms with van der Waals surface area (Å²) in [7, 11) is 7.08. The minimum atomic E-state index is -0.451. The number of amides is 2. The van der Waals surface area contributed by atoms with E-state index < -0.39 is 5.60 Å². The smallest absolute Gasteiger partial charge is 0.246 e. The summed E-state index contributed by atoms with van der Waals surface area (Å²) in [4.78, 5) is 28.1. The molecular formula is C20H32N4O3. The van der Waals surface area contributed by atoms with E-state index in [1.54, 1.807) is 32.2 Å². The molecule has 2 amide bonds. The highest BCUT2D eigenvalue weighted by Crippen LogP contribution is 2.30. The number of hydrogen-bond donors (Lipinski definition) is 0. The van der Waals surface area contributed by atoms with Gasteiger partial charge in [-0.2, -0.15) is 5.10 Å². The molecule has 7 nitrogen and oxygen atoms in total. The normalized spacial score (nSPS) is 20.3. The van der Waals surface area contributed by atoms with E-state index in [-0.39, 0.29) is 11.8 Å². The van der Waals surface area contributed by atoms with Crippen LogP contribution in [0.15, 0.2) is 6.08 Å². The van der Waals surface area contributed by atoms with E-state index >= 15 is 0 Å². The van der Waals surface area contributed by atoms with Crippen molar-refractivity contribution in [1.29, 1.82) is 0 Å². The number of hydrogen-bond acceptors (Lipinski definition) is 4. The highest BCUT2D eigenvalue weighted by molar-refractivity contribution is 5.92. The lowest BCUT2D eigenvalue weighted by Gasteiger charge is -2.41. The molecule has 1 aliphatic heterocycles. The zero-order valence-corrected chi connectivity index (χ0v) is 17.4. The lowest BCUT2D eigenvalue weighted by atomic mass is 9.87. The molecule has 1 aromatic heterocycles. The van der Waals surface area contributed by atoms with Crippen molar-refractivity contribution in [2.75, 3.05) is 34.3 Å². The minimum Gasteiger partial charge on any atom is -0.376 e. The maximum atomic E-state index is 12.7. The number of aromatic nitrogens is 2. The molecule has 1 saturated heterocycles. The Labute approximate surface area is 162 Å². The third-order valence-electron chi connectivity index (χ3n) is 5.53. The quantitative estimate of drug-likeness (QED) is 0.712. The Kier molecular flexibility index (Phi) is 6.81. The number of ether oxygens (including phenoxy) is 1. The number of piperidine rings is 1. The monoisotopic (exact) mass is 376 g/mol. The van der Waals surface area contributed by atoms with Crippen LogP contribution < -0.4 is 0 Å². The largest absolute Gasteiger partial charge is 0.376 e. The number of rotatable bonds is 6. The second-order valence-corrected chi connectivity index (χ2v) is 7.58. The second kappa shape index (κ2) is 8.69. The summed E-state index contributed by atoms with van der Waals surface area (Å²) in [5, 5.41) is 4.38. The number of carbonyl (C=O) groups is 2. The molecular weight excluding hydrogens is 344 g/mol. The van der Waals surface area contributed by atoms with Gasteiger partial charge in [-0.25, -0.2) is 0 Å². The van der Waals surface area contributed by atoms with E-state index in [1.165, 1.54) is 0 Å². The van der Waals surface area contributed by atoms with Crippen molar-refractivity contribution in [3.63, 3.8) is 0 Å². The van der Waals surface area contributed by atoms with Gasteiger partial charge in [0.15, 0.2) is 0 Å². The van der Waals surface area contributed by atoms with E-state index in [1.807, 2.05) is 36.6 Å². The molecule has 0 N–H and O–H groups in total. The van der Waals surface area contributed by atoms with Crippen LogP contribution in [-0.2, 0) is 21.4 Å². The first-order valence-electron chi connectivity index (χ1n) is 9.41. The summed E-state index contributed by atoms with van der Waals surface area (Å²) >= 11 is 0. The van der Waals surface area contributed by atoms with Crippen LogP contribution in [0.3, 0.4) is 0 Å². The predicted molar refractivity (Wildman–Crippen MR) is 105 cm³/mol. The van der Waals surface area contributed by atoms with Gasteiger partial charge in [0.2, 0.25) is 11.8 Å². The van der Waals surface area contributed by atoms with Gasteiger partial charge in [0.1, 0.15) is 0 Å². The molecule has 0 radical (unpaired) electrons. The topological polar surface area (TPSA) is 67.7 Å². The number of likely N-dealkylation sites (tertiary alicyclic amines) is 1. The van der Waals surface area contributed by atoms with E-state index in [9.17, 15) is 9.59 Å². The first-order valence-corrected chi connectivity index (χ1v) is 9.41. The summed E-state index contributed by atoms with van der Waals surface area (Å²) in [5.41, 5.74) is 2.47. The van der Waals surface area contributed by atoms with Crippen LogP contribution in [0.2, 0.25) is 0 Å². The fraction of sp³-hybridized carbons (Fsp3) is 0.650. The number of aryl methyl sites for hydroxylation is 2. The second-order valence-electron chi connectivity index (χ2n) is 7.58. The fourth-order valence-electron chi connectivity index (χ4n) is 3.61. The molecule has 0 bridgehead atoms. The number of nitrogens with zero attached hydrogens (tertiary/aromatic N) is 4. The predicted octanol–water partition coefficient (Wildman–Crippen LogP) is 1.93. The van der Waals surface area contributed by atoms with Gasteiger partial charge in [-0.05, 0) is 39.2 Å². The van der Waals surface area contributed by atoms with Gasteiger partial charge >= 0.3 is 0 Å². The third-order valence-corrected chi connectivity index (χ3v) is 5.53. The molecule has 150 valence electrons. The maximum absolute atomic E-state index is 12.7. The van der Waals surface area contributed by atoms with Crippen molar-refractivity contribution in [2.45, 2.75) is 45.1 Å². The number of methoxy groups -OCH3 is 1. The zero-order chi connectivity index (χ0) is 20.2. The van der Waals surface area contributed by atoms with Gasteiger partial charge in [0.25, 0.3) is 0 Å². The third kappa shape index (κ3) is 4.97. The van der Waals surface area contributed by atoms with E-state index in [4.69, 9.17) is 4.74 Å². The molecule has 7 heteroatoms. The molecule has 2 rings (SSSR count). The summed E-state index contributed by atoms with van der Waals surface area (Å²) in [6, 6.07) is 0. The van der Waals surface area contributed by atoms with Crippen LogP contribution in [0.4, 0.5) is 0 Å². The highest BCUT2D eigenvalue weighted by Gasteiger charge is 2.37. The molecule has 0 aromatic carbocycles. The fourth-order valence-corrected chi connectivity index (χ4v) is 3.61. The molecule has 1 aliphatic rings. The molecule has 1 fully saturated rings. The molecule has 27 heavy (non-hydrogen) atoms. The Morgan fingerprint density at radius 2 is 2.04 bits per heavy atom. The molecule has 0 aliphatic carbocycles. The zero-order valence-electron chi connectivity index (χ0n) is 17.4. The van der Waals surface area contributed by atoms with Crippen molar-refractivity contribution in [3.05, 3.63) is 23.0 Å². The van der Waals surface area contributed by atoms with Crippen LogP contribution in [0.25, 0.3) is 6.08 Å². The lowest BCUT2D eigenvalue weighted by molar-refractivity contribution is -0.138. The first-order chi connectivity index (χ1) is 12.7. The van der Waals surface area contributed by atoms with Crippen LogP contribution >= 0.6 is 0 Å². The van der Waals surface area contributed by atoms with Gasteiger partial charge in [0, 0.05) is 65.1 Å². The van der Waals surface area contributed by atoms with E-state index in [2.05, 4.69) is 5.10 Å². The SMILES string of the molecule is COC1(CCC(=O)N(C)C)CCCN(C(=O)/C=C/c2c(C)nn(C)c2C)C1. The Morgan fingerprint density at radius 1 is 1.33 bits per heavy atom. The van der Waals surface area contributed by atoms with Crippen molar-refractivity contribution in [2.24, 2.45) is 7.05 Å². The van der Waals surface area contributed by atoms with Crippen LogP contribution in [0.1, 0.15) is 42.6 Å². The van der Waals surface area contributed by atoms with Crippen LogP contribution in [0.5, 0.6) is 0 Å². The average molecular weight is 377 g/mol. The average Bonchev–Trinajstić information content (AvgIpc) is 2.89. The van der Waals surface area contributed by atoms with Gasteiger partial charge < -0.3 is 14.5 Å². The van der Waals surface area contributed by atoms with Crippen molar-refractivity contribution < 1.29 is 14.3 Å². The lowest BCUT2D eigenvalue weighted by Crippen LogP contribution is -2.51. The Bertz CT molecular complexity index is 723. The molecule has 0 spiro atoms. The summed E-state index contributed by atoms with van der Waals surface area (Å²) in [5.74, 6) is 0.0509. The highest BCUT2D eigenvalue weighted by atomic mass is 16.5. The van der Waals surface area contributed by atoms with Crippen LogP contribution in [-0.4, -0.2) is 71.3 Å². The van der Waals surface area contributed by atoms with Gasteiger partial charge in [0.05, 0.1) is 11.3 Å². The van der Waals surface area contributed by atoms with Gasteiger partial charge in [-0.15, -0.1) is 0 Å². The summed E-state index contributed by atoms with van der Waals surface area (Å²) in [6.07, 6.45) is 6.24. The van der Waals surface area contributed by atoms with Crippen LogP contribution in [0, 0.1) is 13.8 Å². The first kappa shape index (κ1) is 21.2. The molecule has 2 heterocycles. The standard InChI is InChI=1S/C20H32N4O3/c1-15-17(16(2)23(5)21-15)8-9-19(26)24-13-7-11-20(14-24,27-6)12-10-18(25)22(3)4/h8-9H,7,10-14H2,1-6H3/b9-8+. The number of carbonyl (C=O) groups excluding carboxylic acids is 2. The molecule has 0 saturated carbocycles. The minimum absolute atomic E-state index is 0.0299. The Hall–Kier alpha value is -2.15. The molecule has 1 atom stereocenters.